The van der Waals surface area contributed by atoms with Gasteiger partial charge in [-0.3, -0.25) is 0 Å². The molecule has 1 aromatic carbocycles. The number of nitrogens with two attached hydrogens (primary N) is 1. The van der Waals surface area contributed by atoms with Crippen molar-refractivity contribution in [2.45, 2.75) is 11.4 Å². The molecule has 0 aliphatic carbocycles. The lowest BCUT2D eigenvalue weighted by Gasteiger charge is -2.17. The van der Waals surface area contributed by atoms with E-state index in [0.29, 0.717) is 18.0 Å². The van der Waals surface area contributed by atoms with E-state index in [1.165, 1.54) is 41.0 Å². The highest BCUT2D eigenvalue weighted by atomic mass is 79.9. The monoisotopic (exact) mass is 390 g/mol. The van der Waals surface area contributed by atoms with E-state index in [4.69, 9.17) is 10.5 Å². The van der Waals surface area contributed by atoms with Gasteiger partial charge in [-0.1, -0.05) is 0 Å². The van der Waals surface area contributed by atoms with Crippen molar-refractivity contribution < 1.29 is 13.2 Å². The zero-order chi connectivity index (χ0) is 15.6. The third kappa shape index (κ3) is 3.57. The Morgan fingerprint density at radius 2 is 2.10 bits per heavy atom. The van der Waals surface area contributed by atoms with Crippen LogP contribution >= 0.6 is 27.3 Å². The van der Waals surface area contributed by atoms with Crippen LogP contribution in [0.15, 0.2) is 39.0 Å². The summed E-state index contributed by atoms with van der Waals surface area (Å²) in [6.07, 6.45) is 0. The van der Waals surface area contributed by atoms with Crippen LogP contribution in [0.1, 0.15) is 4.88 Å². The Morgan fingerprint density at radius 3 is 2.67 bits per heavy atom. The molecule has 0 saturated carbocycles. The summed E-state index contributed by atoms with van der Waals surface area (Å²) in [6, 6.07) is 6.35. The summed E-state index contributed by atoms with van der Waals surface area (Å²) in [4.78, 5) is 1.11. The van der Waals surface area contributed by atoms with Crippen LogP contribution in [0.5, 0.6) is 5.75 Å². The smallest absolute Gasteiger partial charge is 0.243 e. The molecule has 0 atom stereocenters. The first-order valence-corrected chi connectivity index (χ1v) is 9.08. The third-order valence-electron chi connectivity index (χ3n) is 2.91. The molecule has 0 amide bonds. The highest BCUT2D eigenvalue weighted by Crippen LogP contribution is 2.28. The van der Waals surface area contributed by atoms with E-state index in [1.54, 1.807) is 7.05 Å². The molecule has 1 aromatic heterocycles. The van der Waals surface area contributed by atoms with Crippen molar-refractivity contribution in [2.24, 2.45) is 0 Å². The summed E-state index contributed by atoms with van der Waals surface area (Å²) in [5.41, 5.74) is 6.11. The number of nitrogen functional groups attached to an aromatic ring is 1. The Balaban J connectivity index is 2.28. The third-order valence-corrected chi connectivity index (χ3v) is 6.40. The van der Waals surface area contributed by atoms with Crippen LogP contribution in [-0.4, -0.2) is 26.9 Å². The van der Waals surface area contributed by atoms with Crippen LogP contribution in [0, 0.1) is 0 Å². The maximum absolute atomic E-state index is 12.5. The van der Waals surface area contributed by atoms with Gasteiger partial charge in [0.05, 0.1) is 17.7 Å². The number of rotatable bonds is 5. The van der Waals surface area contributed by atoms with E-state index in [-0.39, 0.29) is 4.90 Å². The SMILES string of the molecule is COc1cc(S(=O)(=O)N(C)Cc2cc(Br)cs2)ccc1N. The number of methoxy groups -OCH3 is 1. The normalized spacial score (nSPS) is 11.8. The first kappa shape index (κ1) is 16.3. The zero-order valence-electron chi connectivity index (χ0n) is 11.5. The van der Waals surface area contributed by atoms with Gasteiger partial charge in [0.2, 0.25) is 10.0 Å². The largest absolute Gasteiger partial charge is 0.495 e. The van der Waals surface area contributed by atoms with Gasteiger partial charge in [0, 0.05) is 34.4 Å². The van der Waals surface area contributed by atoms with Gasteiger partial charge in [0.25, 0.3) is 0 Å². The maximum Gasteiger partial charge on any atom is 0.243 e. The molecule has 0 unspecified atom stereocenters. The minimum atomic E-state index is -3.59. The van der Waals surface area contributed by atoms with Gasteiger partial charge in [-0.05, 0) is 34.1 Å². The van der Waals surface area contributed by atoms with Crippen LogP contribution in [0.3, 0.4) is 0 Å². The molecule has 2 rings (SSSR count). The molecule has 0 saturated heterocycles. The molecule has 2 aromatic rings. The second-order valence-electron chi connectivity index (χ2n) is 4.40. The van der Waals surface area contributed by atoms with Crippen molar-refractivity contribution >= 4 is 43.0 Å². The molecule has 0 fully saturated rings. The van der Waals surface area contributed by atoms with Gasteiger partial charge in [-0.25, -0.2) is 8.42 Å². The van der Waals surface area contributed by atoms with Gasteiger partial charge >= 0.3 is 0 Å². The molecule has 1 heterocycles. The highest BCUT2D eigenvalue weighted by Gasteiger charge is 2.22. The van der Waals surface area contributed by atoms with Gasteiger partial charge in [-0.2, -0.15) is 4.31 Å². The number of ether oxygens (including phenoxy) is 1. The maximum atomic E-state index is 12.5. The van der Waals surface area contributed by atoms with E-state index >= 15 is 0 Å². The summed E-state index contributed by atoms with van der Waals surface area (Å²) >= 11 is 4.86. The topological polar surface area (TPSA) is 72.6 Å². The fourth-order valence-electron chi connectivity index (χ4n) is 1.77. The summed E-state index contributed by atoms with van der Waals surface area (Å²) in [6.45, 7) is 0.311. The lowest BCUT2D eigenvalue weighted by atomic mass is 10.3. The minimum absolute atomic E-state index is 0.159. The van der Waals surface area contributed by atoms with Gasteiger partial charge in [0.15, 0.2) is 0 Å². The van der Waals surface area contributed by atoms with E-state index < -0.39 is 10.0 Å². The van der Waals surface area contributed by atoms with Crippen molar-refractivity contribution in [1.29, 1.82) is 0 Å². The molecular weight excluding hydrogens is 376 g/mol. The second-order valence-corrected chi connectivity index (χ2v) is 8.35. The fraction of sp³-hybridized carbons (Fsp3) is 0.231. The molecule has 0 spiro atoms. The van der Waals surface area contributed by atoms with Gasteiger partial charge < -0.3 is 10.5 Å². The number of hydrogen-bond acceptors (Lipinski definition) is 5. The predicted molar refractivity (Wildman–Crippen MR) is 88.1 cm³/mol. The number of nitrogens with zero attached hydrogens (tertiary/aromatic N) is 1. The van der Waals surface area contributed by atoms with Crippen LogP contribution < -0.4 is 10.5 Å². The lowest BCUT2D eigenvalue weighted by Crippen LogP contribution is -2.26. The van der Waals surface area contributed by atoms with E-state index in [1.807, 2.05) is 11.4 Å². The van der Waals surface area contributed by atoms with Crippen LogP contribution in [0.2, 0.25) is 0 Å². The Bertz CT molecular complexity index is 744. The molecule has 0 aliphatic rings. The van der Waals surface area contributed by atoms with Crippen LogP contribution in [0.4, 0.5) is 5.69 Å². The fourth-order valence-corrected chi connectivity index (χ4v) is 4.52. The first-order valence-electron chi connectivity index (χ1n) is 5.97. The van der Waals surface area contributed by atoms with E-state index in [9.17, 15) is 8.42 Å². The number of thiophene rings is 1. The Kier molecular flexibility index (Phi) is 4.92. The number of benzene rings is 1. The van der Waals surface area contributed by atoms with Crippen LogP contribution in [0.25, 0.3) is 0 Å². The lowest BCUT2D eigenvalue weighted by molar-refractivity contribution is 0.415. The van der Waals surface area contributed by atoms with Crippen molar-refractivity contribution in [3.63, 3.8) is 0 Å². The molecule has 5 nitrogen and oxygen atoms in total. The minimum Gasteiger partial charge on any atom is -0.495 e. The highest BCUT2D eigenvalue weighted by molar-refractivity contribution is 9.10. The number of sulfonamides is 1. The van der Waals surface area contributed by atoms with Crippen molar-refractivity contribution in [3.8, 4) is 5.75 Å². The molecule has 114 valence electrons. The number of hydrogen-bond donors (Lipinski definition) is 1. The quantitative estimate of drug-likeness (QED) is 0.796. The Morgan fingerprint density at radius 1 is 1.38 bits per heavy atom. The molecule has 8 heteroatoms. The second kappa shape index (κ2) is 6.35. The van der Waals surface area contributed by atoms with E-state index in [0.717, 1.165) is 9.35 Å². The summed E-state index contributed by atoms with van der Waals surface area (Å²) in [5.74, 6) is 0.350. The summed E-state index contributed by atoms with van der Waals surface area (Å²) < 4.78 is 32.4. The molecule has 0 radical (unpaired) electrons. The molecule has 0 bridgehead atoms. The van der Waals surface area contributed by atoms with Gasteiger partial charge in [0.1, 0.15) is 5.75 Å². The van der Waals surface area contributed by atoms with Crippen molar-refractivity contribution in [3.05, 3.63) is 39.0 Å². The Labute approximate surface area is 136 Å². The van der Waals surface area contributed by atoms with Crippen molar-refractivity contribution in [1.82, 2.24) is 4.31 Å². The van der Waals surface area contributed by atoms with Crippen molar-refractivity contribution in [2.75, 3.05) is 19.9 Å². The molecule has 2 N–H and O–H groups in total. The van der Waals surface area contributed by atoms with Gasteiger partial charge in [-0.15, -0.1) is 11.3 Å². The summed E-state index contributed by atoms with van der Waals surface area (Å²) in [5, 5.41) is 1.92. The van der Waals surface area contributed by atoms with Crippen LogP contribution in [-0.2, 0) is 16.6 Å². The molecule has 21 heavy (non-hydrogen) atoms. The standard InChI is InChI=1S/C13H15BrN2O3S2/c1-16(7-10-5-9(14)8-20-10)21(17,18)11-3-4-12(15)13(6-11)19-2/h3-6,8H,7,15H2,1-2H3. The van der Waals surface area contributed by atoms with E-state index in [2.05, 4.69) is 15.9 Å². The predicted octanol–water partition coefficient (Wildman–Crippen LogP) is 2.92. The number of halogens is 1. The zero-order valence-corrected chi connectivity index (χ0v) is 14.8. The average Bonchev–Trinajstić information content (AvgIpc) is 2.84. The first-order chi connectivity index (χ1) is 9.84. The number of anilines is 1. The molecule has 0 aliphatic heterocycles. The molecular formula is C13H15BrN2O3S2. The summed E-state index contributed by atoms with van der Waals surface area (Å²) in [7, 11) is -0.587. The Hall–Kier alpha value is -1.09. The average molecular weight is 391 g/mol.